The number of hydrogen-bond donors (Lipinski definition) is 1. The van der Waals surface area contributed by atoms with E-state index in [1.54, 1.807) is 0 Å². The Hall–Kier alpha value is -0.830. The van der Waals surface area contributed by atoms with Gasteiger partial charge in [-0.3, -0.25) is 4.79 Å². The molecule has 0 unspecified atom stereocenters. The third-order valence-corrected chi connectivity index (χ3v) is 3.57. The Morgan fingerprint density at radius 3 is 2.61 bits per heavy atom. The first kappa shape index (κ1) is 15.2. The number of carbonyl (C=O) groups is 1. The van der Waals surface area contributed by atoms with Crippen molar-refractivity contribution in [3.8, 4) is 0 Å². The van der Waals surface area contributed by atoms with E-state index in [1.165, 1.54) is 12.8 Å². The summed E-state index contributed by atoms with van der Waals surface area (Å²) >= 11 is 3.42. The summed E-state index contributed by atoms with van der Waals surface area (Å²) in [7, 11) is 0. The highest BCUT2D eigenvalue weighted by atomic mass is 79.9. The third-order valence-electron chi connectivity index (χ3n) is 3.08. The van der Waals surface area contributed by atoms with Gasteiger partial charge in [0.2, 0.25) is 5.91 Å². The smallest absolute Gasteiger partial charge is 0.223 e. The number of benzene rings is 1. The average molecular weight is 312 g/mol. The van der Waals surface area contributed by atoms with Crippen LogP contribution in [-0.2, 0) is 11.3 Å². The minimum atomic E-state index is 0.220. The predicted octanol–water partition coefficient (Wildman–Crippen LogP) is 4.28. The molecule has 18 heavy (non-hydrogen) atoms. The molecule has 0 radical (unpaired) electrons. The topological polar surface area (TPSA) is 29.1 Å². The molecule has 1 fully saturated rings. The summed E-state index contributed by atoms with van der Waals surface area (Å²) in [6.45, 7) is 4.63. The van der Waals surface area contributed by atoms with Crippen LogP contribution in [0.5, 0.6) is 0 Å². The van der Waals surface area contributed by atoms with Crippen LogP contribution in [0.2, 0.25) is 0 Å². The maximum Gasteiger partial charge on any atom is 0.223 e. The molecule has 1 aromatic rings. The van der Waals surface area contributed by atoms with Crippen LogP contribution in [0.3, 0.4) is 0 Å². The van der Waals surface area contributed by atoms with Crippen LogP contribution in [-0.4, -0.2) is 5.91 Å². The van der Waals surface area contributed by atoms with E-state index in [1.807, 2.05) is 38.1 Å². The summed E-state index contributed by atoms with van der Waals surface area (Å²) in [6, 6.07) is 8.04. The monoisotopic (exact) mass is 311 g/mol. The standard InChI is InChI=1S/C13H16BrNO.C2H6/c14-12-7-3-4-10(8-12)9-15-13(16)11-5-1-2-6-11;1-2/h3-4,7-8,11H,1-2,5-6,9H2,(H,15,16);1-2H3. The van der Waals surface area contributed by atoms with E-state index in [2.05, 4.69) is 21.2 Å². The summed E-state index contributed by atoms with van der Waals surface area (Å²) in [5.41, 5.74) is 1.14. The average Bonchev–Trinajstić information content (AvgIpc) is 2.92. The Kier molecular flexibility index (Phi) is 7.02. The van der Waals surface area contributed by atoms with Gasteiger partial charge in [0.15, 0.2) is 0 Å². The highest BCUT2D eigenvalue weighted by Crippen LogP contribution is 2.24. The highest BCUT2D eigenvalue weighted by Gasteiger charge is 2.21. The van der Waals surface area contributed by atoms with Gasteiger partial charge in [0.05, 0.1) is 0 Å². The van der Waals surface area contributed by atoms with Gasteiger partial charge in [-0.05, 0) is 30.5 Å². The van der Waals surface area contributed by atoms with Crippen molar-refractivity contribution in [2.24, 2.45) is 5.92 Å². The third kappa shape index (κ3) is 4.81. The molecule has 2 rings (SSSR count). The Labute approximate surface area is 118 Å². The molecule has 100 valence electrons. The lowest BCUT2D eigenvalue weighted by atomic mass is 10.1. The minimum absolute atomic E-state index is 0.220. The Morgan fingerprint density at radius 2 is 2.00 bits per heavy atom. The zero-order valence-corrected chi connectivity index (χ0v) is 12.8. The van der Waals surface area contributed by atoms with E-state index in [4.69, 9.17) is 0 Å². The number of rotatable bonds is 3. The van der Waals surface area contributed by atoms with Crippen LogP contribution < -0.4 is 5.32 Å². The van der Waals surface area contributed by atoms with E-state index in [0.29, 0.717) is 6.54 Å². The van der Waals surface area contributed by atoms with E-state index < -0.39 is 0 Å². The molecule has 0 aliphatic heterocycles. The van der Waals surface area contributed by atoms with Crippen molar-refractivity contribution in [2.45, 2.75) is 46.1 Å². The van der Waals surface area contributed by atoms with E-state index in [9.17, 15) is 4.79 Å². The molecule has 1 aromatic carbocycles. The fraction of sp³-hybridized carbons (Fsp3) is 0.533. The van der Waals surface area contributed by atoms with Crippen molar-refractivity contribution < 1.29 is 4.79 Å². The molecule has 0 bridgehead atoms. The van der Waals surface area contributed by atoms with Crippen molar-refractivity contribution in [3.05, 3.63) is 34.3 Å². The fourth-order valence-electron chi connectivity index (χ4n) is 2.17. The van der Waals surface area contributed by atoms with Crippen LogP contribution in [0.25, 0.3) is 0 Å². The van der Waals surface area contributed by atoms with Gasteiger partial charge in [0.1, 0.15) is 0 Å². The van der Waals surface area contributed by atoms with Crippen LogP contribution in [0.1, 0.15) is 45.1 Å². The first-order valence-electron chi connectivity index (χ1n) is 6.78. The highest BCUT2D eigenvalue weighted by molar-refractivity contribution is 9.10. The molecule has 0 heterocycles. The molecule has 0 saturated heterocycles. The van der Waals surface area contributed by atoms with Crippen molar-refractivity contribution >= 4 is 21.8 Å². The fourth-order valence-corrected chi connectivity index (χ4v) is 2.62. The molecular weight excluding hydrogens is 290 g/mol. The Morgan fingerprint density at radius 1 is 1.33 bits per heavy atom. The summed E-state index contributed by atoms with van der Waals surface area (Å²) < 4.78 is 1.06. The zero-order valence-electron chi connectivity index (χ0n) is 11.2. The lowest BCUT2D eigenvalue weighted by Gasteiger charge is -2.10. The van der Waals surface area contributed by atoms with Gasteiger partial charge in [-0.15, -0.1) is 0 Å². The predicted molar refractivity (Wildman–Crippen MR) is 79.3 cm³/mol. The molecule has 0 aromatic heterocycles. The lowest BCUT2D eigenvalue weighted by Crippen LogP contribution is -2.28. The van der Waals surface area contributed by atoms with Gasteiger partial charge >= 0.3 is 0 Å². The summed E-state index contributed by atoms with van der Waals surface area (Å²) in [4.78, 5) is 11.8. The molecular formula is C15H22BrNO. The zero-order chi connectivity index (χ0) is 13.4. The molecule has 0 atom stereocenters. The van der Waals surface area contributed by atoms with Gasteiger partial charge in [0, 0.05) is 16.9 Å². The first-order chi connectivity index (χ1) is 8.75. The number of nitrogens with one attached hydrogen (secondary N) is 1. The van der Waals surface area contributed by atoms with E-state index in [-0.39, 0.29) is 11.8 Å². The van der Waals surface area contributed by atoms with Gasteiger partial charge in [-0.2, -0.15) is 0 Å². The van der Waals surface area contributed by atoms with Crippen molar-refractivity contribution in [3.63, 3.8) is 0 Å². The molecule has 1 saturated carbocycles. The van der Waals surface area contributed by atoms with Crippen molar-refractivity contribution in [1.82, 2.24) is 5.32 Å². The van der Waals surface area contributed by atoms with Gasteiger partial charge in [-0.1, -0.05) is 54.8 Å². The van der Waals surface area contributed by atoms with Crippen molar-refractivity contribution in [2.75, 3.05) is 0 Å². The van der Waals surface area contributed by atoms with Gasteiger partial charge in [0.25, 0.3) is 0 Å². The second-order valence-electron chi connectivity index (χ2n) is 4.33. The number of hydrogen-bond acceptors (Lipinski definition) is 1. The summed E-state index contributed by atoms with van der Waals surface area (Å²) in [5, 5.41) is 3.01. The molecule has 1 aliphatic carbocycles. The lowest BCUT2D eigenvalue weighted by molar-refractivity contribution is -0.124. The molecule has 1 N–H and O–H groups in total. The van der Waals surface area contributed by atoms with E-state index >= 15 is 0 Å². The minimum Gasteiger partial charge on any atom is -0.352 e. The molecule has 1 aliphatic rings. The maximum absolute atomic E-state index is 11.8. The second kappa shape index (κ2) is 8.30. The Bertz CT molecular complexity index is 373. The van der Waals surface area contributed by atoms with Crippen LogP contribution in [0, 0.1) is 5.92 Å². The SMILES string of the molecule is CC.O=C(NCc1cccc(Br)c1)C1CCCC1. The maximum atomic E-state index is 11.8. The summed E-state index contributed by atoms with van der Waals surface area (Å²) in [6.07, 6.45) is 4.53. The quantitative estimate of drug-likeness (QED) is 0.886. The largest absolute Gasteiger partial charge is 0.352 e. The van der Waals surface area contributed by atoms with Crippen LogP contribution >= 0.6 is 15.9 Å². The molecule has 2 nitrogen and oxygen atoms in total. The second-order valence-corrected chi connectivity index (χ2v) is 5.24. The van der Waals surface area contributed by atoms with E-state index in [0.717, 1.165) is 22.9 Å². The molecule has 1 amide bonds. The molecule has 3 heteroatoms. The van der Waals surface area contributed by atoms with Gasteiger partial charge in [-0.25, -0.2) is 0 Å². The molecule has 0 spiro atoms. The number of amides is 1. The normalized spacial score (nSPS) is 14.8. The van der Waals surface area contributed by atoms with Crippen LogP contribution in [0.15, 0.2) is 28.7 Å². The van der Waals surface area contributed by atoms with Crippen molar-refractivity contribution in [1.29, 1.82) is 0 Å². The first-order valence-corrected chi connectivity index (χ1v) is 7.57. The van der Waals surface area contributed by atoms with Gasteiger partial charge < -0.3 is 5.32 Å². The summed E-state index contributed by atoms with van der Waals surface area (Å²) in [5.74, 6) is 0.477. The number of carbonyl (C=O) groups excluding carboxylic acids is 1. The van der Waals surface area contributed by atoms with Crippen LogP contribution in [0.4, 0.5) is 0 Å². The number of halogens is 1. The Balaban J connectivity index is 0.000000771.